The largest absolute Gasteiger partial charge is 0.326 e. The van der Waals surface area contributed by atoms with Crippen LogP contribution in [0.2, 0.25) is 0 Å². The predicted octanol–water partition coefficient (Wildman–Crippen LogP) is 3.04. The van der Waals surface area contributed by atoms with Gasteiger partial charge in [-0.3, -0.25) is 0 Å². The van der Waals surface area contributed by atoms with Crippen LogP contribution in [-0.2, 0) is 16.6 Å². The number of nitrogens with zero attached hydrogens (tertiary/aromatic N) is 1. The Labute approximate surface area is 127 Å². The Bertz CT molecular complexity index is 505. The van der Waals surface area contributed by atoms with Crippen LogP contribution < -0.4 is 5.73 Å². The van der Waals surface area contributed by atoms with Crippen LogP contribution in [0.3, 0.4) is 0 Å². The van der Waals surface area contributed by atoms with E-state index in [0.29, 0.717) is 23.2 Å². The molecule has 0 bridgehead atoms. The fourth-order valence-corrected chi connectivity index (χ4v) is 5.50. The first kappa shape index (κ1) is 17.6. The second kappa shape index (κ2) is 7.54. The fraction of sp³-hybridized carbons (Fsp3) is 0.714. The molecule has 0 saturated carbocycles. The zero-order chi connectivity index (χ0) is 15.3. The molecule has 0 spiro atoms. The van der Waals surface area contributed by atoms with Gasteiger partial charge in [-0.1, -0.05) is 27.7 Å². The topological polar surface area (TPSA) is 63.4 Å². The molecule has 0 fully saturated rings. The lowest BCUT2D eigenvalue weighted by Gasteiger charge is -2.30. The Morgan fingerprint density at radius 3 is 2.30 bits per heavy atom. The first-order chi connectivity index (χ1) is 9.36. The van der Waals surface area contributed by atoms with Crippen molar-refractivity contribution in [2.45, 2.75) is 57.3 Å². The van der Waals surface area contributed by atoms with Crippen molar-refractivity contribution in [1.29, 1.82) is 0 Å². The molecule has 0 unspecified atom stereocenters. The summed E-state index contributed by atoms with van der Waals surface area (Å²) in [6.07, 6.45) is 1.66. The predicted molar refractivity (Wildman–Crippen MR) is 85.3 cm³/mol. The summed E-state index contributed by atoms with van der Waals surface area (Å²) >= 11 is 1.27. The van der Waals surface area contributed by atoms with Gasteiger partial charge in [-0.25, -0.2) is 8.42 Å². The van der Waals surface area contributed by atoms with Crippen molar-refractivity contribution in [2.75, 3.05) is 6.54 Å². The third-order valence-electron chi connectivity index (χ3n) is 3.32. The van der Waals surface area contributed by atoms with Crippen LogP contribution in [0.5, 0.6) is 0 Å². The van der Waals surface area contributed by atoms with Crippen LogP contribution in [0.4, 0.5) is 0 Å². The van der Waals surface area contributed by atoms with E-state index in [-0.39, 0.29) is 6.04 Å². The van der Waals surface area contributed by atoms with E-state index in [0.717, 1.165) is 18.4 Å². The molecule has 1 rings (SSSR count). The lowest BCUT2D eigenvalue weighted by Crippen LogP contribution is -2.41. The zero-order valence-corrected chi connectivity index (χ0v) is 14.4. The summed E-state index contributed by atoms with van der Waals surface area (Å²) in [4.78, 5) is 0. The van der Waals surface area contributed by atoms with Crippen molar-refractivity contribution in [3.8, 4) is 0 Å². The maximum absolute atomic E-state index is 12.9. The Balaban J connectivity index is 3.15. The molecule has 20 heavy (non-hydrogen) atoms. The van der Waals surface area contributed by atoms with E-state index >= 15 is 0 Å². The van der Waals surface area contributed by atoms with Gasteiger partial charge in [0.05, 0.1) is 0 Å². The molecule has 6 heteroatoms. The zero-order valence-electron chi connectivity index (χ0n) is 12.8. The molecule has 0 aliphatic rings. The first-order valence-electron chi connectivity index (χ1n) is 7.16. The van der Waals surface area contributed by atoms with Gasteiger partial charge in [0.2, 0.25) is 0 Å². The SMILES string of the molecule is CCC(CC)N(CC(C)C)S(=O)(=O)c1cc(CN)cs1. The van der Waals surface area contributed by atoms with Crippen LogP contribution >= 0.6 is 11.3 Å². The van der Waals surface area contributed by atoms with Gasteiger partial charge in [-0.15, -0.1) is 11.3 Å². The number of nitrogens with two attached hydrogens (primary N) is 1. The molecule has 0 atom stereocenters. The van der Waals surface area contributed by atoms with Gasteiger partial charge in [0, 0.05) is 19.1 Å². The van der Waals surface area contributed by atoms with E-state index in [4.69, 9.17) is 5.73 Å². The van der Waals surface area contributed by atoms with Crippen molar-refractivity contribution in [3.63, 3.8) is 0 Å². The van der Waals surface area contributed by atoms with E-state index in [2.05, 4.69) is 0 Å². The van der Waals surface area contributed by atoms with Crippen molar-refractivity contribution in [1.82, 2.24) is 4.31 Å². The van der Waals surface area contributed by atoms with Crippen LogP contribution in [0, 0.1) is 5.92 Å². The Hall–Kier alpha value is -0.430. The van der Waals surface area contributed by atoms with Crippen LogP contribution in [0.1, 0.15) is 46.1 Å². The summed E-state index contributed by atoms with van der Waals surface area (Å²) in [6, 6.07) is 1.77. The number of sulfonamides is 1. The summed E-state index contributed by atoms with van der Waals surface area (Å²) in [5, 5.41) is 1.83. The van der Waals surface area contributed by atoms with Crippen molar-refractivity contribution < 1.29 is 8.42 Å². The van der Waals surface area contributed by atoms with E-state index in [1.165, 1.54) is 11.3 Å². The van der Waals surface area contributed by atoms with Gasteiger partial charge >= 0.3 is 0 Å². The minimum atomic E-state index is -3.41. The number of thiophene rings is 1. The van der Waals surface area contributed by atoms with Gasteiger partial charge in [0.25, 0.3) is 10.0 Å². The van der Waals surface area contributed by atoms with Gasteiger partial charge in [-0.2, -0.15) is 4.31 Å². The minimum Gasteiger partial charge on any atom is -0.326 e. The monoisotopic (exact) mass is 318 g/mol. The maximum atomic E-state index is 12.9. The summed E-state index contributed by atoms with van der Waals surface area (Å²) in [5.74, 6) is 0.305. The standard InChI is InChI=1S/C14H26N2O2S2/c1-5-13(6-2)16(9-11(3)4)20(17,18)14-7-12(8-15)10-19-14/h7,10-11,13H,5-6,8-9,15H2,1-4H3. The van der Waals surface area contributed by atoms with Gasteiger partial charge in [0.1, 0.15) is 4.21 Å². The highest BCUT2D eigenvalue weighted by molar-refractivity contribution is 7.91. The van der Waals surface area contributed by atoms with E-state index in [1.54, 1.807) is 10.4 Å². The summed E-state index contributed by atoms with van der Waals surface area (Å²) in [7, 11) is -3.41. The molecule has 0 aliphatic carbocycles. The third-order valence-corrected chi connectivity index (χ3v) is 6.71. The molecule has 2 N–H and O–H groups in total. The Morgan fingerprint density at radius 2 is 1.90 bits per heavy atom. The molecule has 4 nitrogen and oxygen atoms in total. The molecule has 1 aromatic rings. The molecule has 0 aliphatic heterocycles. The van der Waals surface area contributed by atoms with E-state index < -0.39 is 10.0 Å². The van der Waals surface area contributed by atoms with Crippen LogP contribution in [0.25, 0.3) is 0 Å². The molecule has 1 aromatic heterocycles. The highest BCUT2D eigenvalue weighted by atomic mass is 32.2. The normalized spacial score (nSPS) is 12.8. The van der Waals surface area contributed by atoms with E-state index in [9.17, 15) is 8.42 Å². The molecule has 0 saturated heterocycles. The van der Waals surface area contributed by atoms with Crippen molar-refractivity contribution >= 4 is 21.4 Å². The van der Waals surface area contributed by atoms with Crippen molar-refractivity contribution in [2.24, 2.45) is 11.7 Å². The molecule has 0 amide bonds. The lowest BCUT2D eigenvalue weighted by molar-refractivity contribution is 0.277. The molecule has 0 radical (unpaired) electrons. The Kier molecular flexibility index (Phi) is 6.64. The van der Waals surface area contributed by atoms with Crippen LogP contribution in [-0.4, -0.2) is 25.3 Å². The second-order valence-electron chi connectivity index (χ2n) is 5.42. The Morgan fingerprint density at radius 1 is 1.30 bits per heavy atom. The summed E-state index contributed by atoms with van der Waals surface area (Å²) in [5.41, 5.74) is 6.45. The number of rotatable bonds is 8. The molecule has 0 aromatic carbocycles. The van der Waals surface area contributed by atoms with Crippen LogP contribution in [0.15, 0.2) is 15.7 Å². The molecule has 1 heterocycles. The second-order valence-corrected chi connectivity index (χ2v) is 8.45. The fourth-order valence-electron chi connectivity index (χ4n) is 2.21. The maximum Gasteiger partial charge on any atom is 0.252 e. The smallest absolute Gasteiger partial charge is 0.252 e. The average molecular weight is 319 g/mol. The minimum absolute atomic E-state index is 0.0610. The first-order valence-corrected chi connectivity index (χ1v) is 9.48. The molecular weight excluding hydrogens is 292 g/mol. The highest BCUT2D eigenvalue weighted by Crippen LogP contribution is 2.27. The lowest BCUT2D eigenvalue weighted by atomic mass is 10.1. The number of hydrogen-bond donors (Lipinski definition) is 1. The summed E-state index contributed by atoms with van der Waals surface area (Å²) in [6.45, 7) is 9.11. The highest BCUT2D eigenvalue weighted by Gasteiger charge is 2.31. The molecule has 116 valence electrons. The van der Waals surface area contributed by atoms with Crippen molar-refractivity contribution in [3.05, 3.63) is 17.0 Å². The summed E-state index contributed by atoms with van der Waals surface area (Å²) < 4.78 is 27.8. The van der Waals surface area contributed by atoms with E-state index in [1.807, 2.05) is 33.1 Å². The van der Waals surface area contributed by atoms with Gasteiger partial charge in [-0.05, 0) is 35.8 Å². The average Bonchev–Trinajstić information content (AvgIpc) is 2.88. The number of hydrogen-bond acceptors (Lipinski definition) is 4. The van der Waals surface area contributed by atoms with Gasteiger partial charge < -0.3 is 5.73 Å². The third kappa shape index (κ3) is 4.04. The molecular formula is C14H26N2O2S2. The van der Waals surface area contributed by atoms with Gasteiger partial charge in [0.15, 0.2) is 0 Å². The quantitative estimate of drug-likeness (QED) is 0.801.